The monoisotopic (exact) mass is 469 g/mol. The summed E-state index contributed by atoms with van der Waals surface area (Å²) >= 11 is 6.68. The summed E-state index contributed by atoms with van der Waals surface area (Å²) in [6, 6.07) is 25.7. The Labute approximate surface area is 201 Å². The van der Waals surface area contributed by atoms with Crippen molar-refractivity contribution in [2.75, 3.05) is 9.96 Å². The average molecular weight is 470 g/mol. The summed E-state index contributed by atoms with van der Waals surface area (Å²) in [5.41, 5.74) is 3.71. The maximum atomic E-state index is 13.8. The number of hydroxylamine groups is 1. The van der Waals surface area contributed by atoms with Crippen LogP contribution in [0.2, 0.25) is 5.15 Å². The first-order chi connectivity index (χ1) is 16.5. The Morgan fingerprint density at radius 2 is 1.56 bits per heavy atom. The Bertz CT molecular complexity index is 1420. The Morgan fingerprint density at radius 3 is 2.32 bits per heavy atom. The number of pyridine rings is 1. The van der Waals surface area contributed by atoms with E-state index in [9.17, 15) is 9.59 Å². The summed E-state index contributed by atoms with van der Waals surface area (Å²) in [6.45, 7) is 1.96. The number of benzene rings is 3. The van der Waals surface area contributed by atoms with E-state index in [-0.39, 0.29) is 17.0 Å². The van der Waals surface area contributed by atoms with Crippen molar-refractivity contribution in [3.8, 4) is 0 Å². The molecule has 34 heavy (non-hydrogen) atoms. The van der Waals surface area contributed by atoms with Crippen LogP contribution in [0.25, 0.3) is 10.9 Å². The van der Waals surface area contributed by atoms with Gasteiger partial charge in [-0.05, 0) is 43.3 Å². The smallest absolute Gasteiger partial charge is 0.266 e. The molecule has 3 aromatic carbocycles. The van der Waals surface area contributed by atoms with Crippen LogP contribution in [0.1, 0.15) is 17.2 Å². The predicted octanol–water partition coefficient (Wildman–Crippen LogP) is 5.25. The van der Waals surface area contributed by atoms with Gasteiger partial charge < -0.3 is 0 Å². The third-order valence-electron chi connectivity index (χ3n) is 6.44. The van der Waals surface area contributed by atoms with E-state index in [2.05, 4.69) is 4.98 Å². The first-order valence-corrected chi connectivity index (χ1v) is 11.4. The van der Waals surface area contributed by atoms with Gasteiger partial charge in [0.25, 0.3) is 5.91 Å². The first-order valence-electron chi connectivity index (χ1n) is 11.0. The van der Waals surface area contributed by atoms with Crippen LogP contribution in [0.3, 0.4) is 0 Å². The number of aromatic nitrogens is 1. The molecular weight excluding hydrogens is 450 g/mol. The van der Waals surface area contributed by atoms with Crippen LogP contribution in [0, 0.1) is 12.8 Å². The zero-order valence-electron chi connectivity index (χ0n) is 18.3. The fourth-order valence-electron chi connectivity index (χ4n) is 4.79. The molecule has 0 spiro atoms. The van der Waals surface area contributed by atoms with Gasteiger partial charge in [-0.1, -0.05) is 65.7 Å². The molecule has 0 N–H and O–H groups in total. The number of fused-ring (bicyclic) bond motifs is 2. The molecule has 2 amide bonds. The van der Waals surface area contributed by atoms with Gasteiger partial charge in [-0.2, -0.15) is 0 Å². The van der Waals surface area contributed by atoms with E-state index in [0.717, 1.165) is 22.2 Å². The van der Waals surface area contributed by atoms with Crippen molar-refractivity contribution in [2.45, 2.75) is 19.1 Å². The minimum Gasteiger partial charge on any atom is -0.273 e. The Hall–Kier alpha value is -3.74. The van der Waals surface area contributed by atoms with E-state index in [4.69, 9.17) is 16.4 Å². The average Bonchev–Trinajstić information content (AvgIpc) is 3.36. The van der Waals surface area contributed by atoms with Crippen molar-refractivity contribution in [2.24, 2.45) is 5.92 Å². The van der Waals surface area contributed by atoms with Gasteiger partial charge in [0.15, 0.2) is 6.10 Å². The highest BCUT2D eigenvalue weighted by atomic mass is 35.5. The van der Waals surface area contributed by atoms with Crippen molar-refractivity contribution in [3.63, 3.8) is 0 Å². The minimum atomic E-state index is -0.957. The molecule has 1 aromatic heterocycles. The molecule has 3 heterocycles. The topological polar surface area (TPSA) is 62.7 Å². The van der Waals surface area contributed by atoms with Crippen molar-refractivity contribution in [1.29, 1.82) is 0 Å². The molecule has 168 valence electrons. The van der Waals surface area contributed by atoms with Gasteiger partial charge in [0.1, 0.15) is 11.1 Å². The van der Waals surface area contributed by atoms with E-state index >= 15 is 0 Å². The number of nitrogens with zero attached hydrogens (tertiary/aromatic N) is 3. The normalized spacial score (nSPS) is 22.0. The lowest BCUT2D eigenvalue weighted by Crippen LogP contribution is -2.37. The molecule has 0 saturated carbocycles. The standard InChI is InChI=1S/C27H20ClN3O3/c1-16-11-13-18(14-12-16)30-26(32)22-23(20-15-17-7-5-6-10-21(17)29-25(20)28)31(34-24(22)27(30)33)19-8-3-2-4-9-19/h2-15,22-24H,1H3/t22-,23+,24-/m0/s1. The highest BCUT2D eigenvalue weighted by Gasteiger charge is 2.60. The maximum absolute atomic E-state index is 13.8. The second-order valence-electron chi connectivity index (χ2n) is 8.57. The molecule has 0 bridgehead atoms. The molecule has 2 aliphatic heterocycles. The summed E-state index contributed by atoms with van der Waals surface area (Å²) in [7, 11) is 0. The summed E-state index contributed by atoms with van der Waals surface area (Å²) in [5, 5.41) is 2.81. The Balaban J connectivity index is 1.49. The van der Waals surface area contributed by atoms with Crippen molar-refractivity contribution in [1.82, 2.24) is 4.98 Å². The van der Waals surface area contributed by atoms with E-state index in [0.29, 0.717) is 11.3 Å². The first kappa shape index (κ1) is 20.8. The lowest BCUT2D eigenvalue weighted by atomic mass is 9.90. The van der Waals surface area contributed by atoms with Gasteiger partial charge in [-0.3, -0.25) is 14.4 Å². The Morgan fingerprint density at radius 1 is 0.853 bits per heavy atom. The number of imide groups is 1. The van der Waals surface area contributed by atoms with Crippen molar-refractivity contribution >= 4 is 45.7 Å². The van der Waals surface area contributed by atoms with Gasteiger partial charge in [0.05, 0.1) is 22.9 Å². The second kappa shape index (κ2) is 7.94. The summed E-state index contributed by atoms with van der Waals surface area (Å²) in [6.07, 6.45) is -0.957. The number of carbonyl (C=O) groups is 2. The summed E-state index contributed by atoms with van der Waals surface area (Å²) in [4.78, 5) is 39.2. The highest BCUT2D eigenvalue weighted by Crippen LogP contribution is 2.49. The van der Waals surface area contributed by atoms with E-state index in [1.54, 1.807) is 17.2 Å². The van der Waals surface area contributed by atoms with Crippen LogP contribution < -0.4 is 9.96 Å². The summed E-state index contributed by atoms with van der Waals surface area (Å²) in [5.74, 6) is -1.46. The molecule has 2 fully saturated rings. The molecule has 0 aliphatic carbocycles. The molecule has 0 unspecified atom stereocenters. The number of para-hydroxylation sites is 2. The molecule has 2 saturated heterocycles. The minimum absolute atomic E-state index is 0.280. The van der Waals surface area contributed by atoms with Crippen LogP contribution in [0.15, 0.2) is 84.9 Å². The number of rotatable bonds is 3. The van der Waals surface area contributed by atoms with Crippen molar-refractivity contribution in [3.05, 3.63) is 101 Å². The summed E-state index contributed by atoms with van der Waals surface area (Å²) < 4.78 is 0. The van der Waals surface area contributed by atoms with E-state index in [1.165, 1.54) is 4.90 Å². The lowest BCUT2D eigenvalue weighted by molar-refractivity contribution is -0.126. The molecule has 6 nitrogen and oxygen atoms in total. The maximum Gasteiger partial charge on any atom is 0.266 e. The van der Waals surface area contributed by atoms with Crippen LogP contribution in [0.5, 0.6) is 0 Å². The third kappa shape index (κ3) is 3.18. The molecule has 4 aromatic rings. The van der Waals surface area contributed by atoms with Gasteiger partial charge in [0, 0.05) is 10.9 Å². The molecule has 3 atom stereocenters. The fourth-order valence-corrected chi connectivity index (χ4v) is 5.05. The van der Waals surface area contributed by atoms with Crippen LogP contribution in [-0.4, -0.2) is 22.9 Å². The number of aryl methyl sites for hydroxylation is 1. The molecule has 2 aliphatic rings. The Kier molecular flexibility index (Phi) is 4.86. The zero-order valence-corrected chi connectivity index (χ0v) is 19.0. The van der Waals surface area contributed by atoms with E-state index < -0.39 is 18.1 Å². The largest absolute Gasteiger partial charge is 0.273 e. The van der Waals surface area contributed by atoms with Crippen LogP contribution >= 0.6 is 11.6 Å². The zero-order chi connectivity index (χ0) is 23.4. The third-order valence-corrected chi connectivity index (χ3v) is 6.74. The lowest BCUT2D eigenvalue weighted by Gasteiger charge is -2.29. The quantitative estimate of drug-likeness (QED) is 0.303. The van der Waals surface area contributed by atoms with Crippen LogP contribution in [-0.2, 0) is 14.4 Å². The number of carbonyl (C=O) groups excluding carboxylic acids is 2. The number of amides is 2. The molecular formula is C27H20ClN3O3. The predicted molar refractivity (Wildman–Crippen MR) is 130 cm³/mol. The number of hydrogen-bond donors (Lipinski definition) is 0. The van der Waals surface area contributed by atoms with Gasteiger partial charge in [-0.25, -0.2) is 14.9 Å². The van der Waals surface area contributed by atoms with Crippen LogP contribution in [0.4, 0.5) is 11.4 Å². The fraction of sp³-hybridized carbons (Fsp3) is 0.148. The molecule has 0 radical (unpaired) electrons. The van der Waals surface area contributed by atoms with Gasteiger partial charge >= 0.3 is 0 Å². The number of anilines is 2. The number of hydrogen-bond acceptors (Lipinski definition) is 5. The SMILES string of the molecule is Cc1ccc(N2C(=O)[C@@H]3[C@H](ON(c4ccccc4)[C@@H]3c3cc4ccccc4nc3Cl)C2=O)cc1. The second-order valence-corrected chi connectivity index (χ2v) is 8.92. The molecule has 7 heteroatoms. The molecule has 6 rings (SSSR count). The highest BCUT2D eigenvalue weighted by molar-refractivity contribution is 6.31. The van der Waals surface area contributed by atoms with Gasteiger partial charge in [0.2, 0.25) is 5.91 Å². The number of halogens is 1. The van der Waals surface area contributed by atoms with Gasteiger partial charge in [-0.15, -0.1) is 0 Å². The van der Waals surface area contributed by atoms with Crippen molar-refractivity contribution < 1.29 is 14.4 Å². The van der Waals surface area contributed by atoms with E-state index in [1.807, 2.05) is 79.7 Å².